The minimum Gasteiger partial charge on any atom is -0.366 e. The molecule has 1 amide bonds. The number of nitro benzene ring substituents is 1. The summed E-state index contributed by atoms with van der Waals surface area (Å²) in [5.74, 6) is -0.286. The van der Waals surface area contributed by atoms with Crippen LogP contribution in [-0.2, 0) is 6.54 Å². The van der Waals surface area contributed by atoms with Crippen LogP contribution in [0.5, 0.6) is 0 Å². The zero-order valence-electron chi connectivity index (χ0n) is 16.2. The average Bonchev–Trinajstić information content (AvgIpc) is 3.04. The Hall–Kier alpha value is -2.32. The van der Waals surface area contributed by atoms with Crippen molar-refractivity contribution < 1.29 is 9.72 Å². The predicted molar refractivity (Wildman–Crippen MR) is 117 cm³/mol. The molecule has 1 aromatic carbocycles. The Morgan fingerprint density at radius 2 is 1.90 bits per heavy atom. The van der Waals surface area contributed by atoms with Gasteiger partial charge in [-0.25, -0.2) is 4.98 Å². The van der Waals surface area contributed by atoms with Gasteiger partial charge in [-0.2, -0.15) is 0 Å². The fourth-order valence-corrected chi connectivity index (χ4v) is 3.37. The molecular formula is C19H27Cl2N5O3. The number of hydrogen-bond donors (Lipinski definition) is 1. The number of imidazole rings is 1. The van der Waals surface area contributed by atoms with Crippen LogP contribution < -0.4 is 10.2 Å². The van der Waals surface area contributed by atoms with Gasteiger partial charge in [0.25, 0.3) is 11.6 Å². The molecule has 1 aromatic heterocycles. The molecule has 0 aliphatic carbocycles. The van der Waals surface area contributed by atoms with E-state index in [1.54, 1.807) is 24.7 Å². The number of rotatable bonds is 7. The second-order valence-corrected chi connectivity index (χ2v) is 6.77. The van der Waals surface area contributed by atoms with Crippen LogP contribution in [0.25, 0.3) is 0 Å². The van der Waals surface area contributed by atoms with E-state index in [9.17, 15) is 14.9 Å². The van der Waals surface area contributed by atoms with Crippen LogP contribution >= 0.6 is 24.8 Å². The molecule has 10 heteroatoms. The first-order valence-corrected chi connectivity index (χ1v) is 9.42. The third kappa shape index (κ3) is 6.90. The third-order valence-electron chi connectivity index (χ3n) is 4.82. The minimum absolute atomic E-state index is 0. The van der Waals surface area contributed by atoms with Crippen molar-refractivity contribution in [2.75, 3.05) is 24.5 Å². The molecule has 0 radical (unpaired) electrons. The molecule has 1 N–H and O–H groups in total. The Morgan fingerprint density at radius 1 is 1.17 bits per heavy atom. The molecule has 160 valence electrons. The molecule has 2 aromatic rings. The molecule has 8 nitrogen and oxygen atoms in total. The molecule has 0 unspecified atom stereocenters. The van der Waals surface area contributed by atoms with E-state index in [1.807, 2.05) is 10.8 Å². The standard InChI is InChI=1S/C19H25N5O3.2ClH/c25-19(21-8-5-10-22-13-9-20-15-22)16-6-7-17(18(14-16)24(26)27)23-11-3-1-2-4-12-23;;/h6-7,9,13-15H,1-5,8,10-12H2,(H,21,25);2*1H. The Balaban J connectivity index is 0.00000210. The summed E-state index contributed by atoms with van der Waals surface area (Å²) >= 11 is 0. The molecule has 29 heavy (non-hydrogen) atoms. The first-order chi connectivity index (χ1) is 13.1. The summed E-state index contributed by atoms with van der Waals surface area (Å²) in [6, 6.07) is 4.79. The fraction of sp³-hybridized carbons (Fsp3) is 0.474. The second-order valence-electron chi connectivity index (χ2n) is 6.77. The Morgan fingerprint density at radius 3 is 2.52 bits per heavy atom. The van der Waals surface area contributed by atoms with Gasteiger partial charge in [0.15, 0.2) is 0 Å². The summed E-state index contributed by atoms with van der Waals surface area (Å²) in [6.07, 6.45) is 10.5. The summed E-state index contributed by atoms with van der Waals surface area (Å²) in [4.78, 5) is 29.6. The van der Waals surface area contributed by atoms with Gasteiger partial charge >= 0.3 is 0 Å². The number of hydrogen-bond acceptors (Lipinski definition) is 5. The minimum atomic E-state index is -0.393. The summed E-state index contributed by atoms with van der Waals surface area (Å²) in [5.41, 5.74) is 0.935. The smallest absolute Gasteiger partial charge is 0.293 e. The van der Waals surface area contributed by atoms with Crippen LogP contribution in [0.1, 0.15) is 42.5 Å². The second kappa shape index (κ2) is 12.3. The maximum atomic E-state index is 12.4. The highest BCUT2D eigenvalue weighted by Crippen LogP contribution is 2.31. The van der Waals surface area contributed by atoms with E-state index in [2.05, 4.69) is 15.2 Å². The van der Waals surface area contributed by atoms with Crippen molar-refractivity contribution in [3.8, 4) is 0 Å². The summed E-state index contributed by atoms with van der Waals surface area (Å²) < 4.78 is 1.94. The van der Waals surface area contributed by atoms with E-state index in [0.717, 1.165) is 51.7 Å². The zero-order chi connectivity index (χ0) is 19.1. The number of aryl methyl sites for hydroxylation is 1. The number of nitrogens with zero attached hydrogens (tertiary/aromatic N) is 4. The van der Waals surface area contributed by atoms with Crippen molar-refractivity contribution in [3.63, 3.8) is 0 Å². The first-order valence-electron chi connectivity index (χ1n) is 9.42. The van der Waals surface area contributed by atoms with E-state index < -0.39 is 4.92 Å². The van der Waals surface area contributed by atoms with E-state index in [1.165, 1.54) is 6.07 Å². The highest BCUT2D eigenvalue weighted by atomic mass is 35.5. The van der Waals surface area contributed by atoms with Crippen molar-refractivity contribution in [2.24, 2.45) is 0 Å². The lowest BCUT2D eigenvalue weighted by Crippen LogP contribution is -2.27. The molecule has 2 heterocycles. The lowest BCUT2D eigenvalue weighted by Gasteiger charge is -2.22. The van der Waals surface area contributed by atoms with Gasteiger partial charge in [-0.1, -0.05) is 12.8 Å². The first kappa shape index (κ1) is 24.7. The van der Waals surface area contributed by atoms with Crippen LogP contribution in [-0.4, -0.2) is 40.0 Å². The lowest BCUT2D eigenvalue weighted by atomic mass is 10.1. The van der Waals surface area contributed by atoms with Crippen LogP contribution in [0.2, 0.25) is 0 Å². The number of anilines is 1. The lowest BCUT2D eigenvalue weighted by molar-refractivity contribution is -0.384. The van der Waals surface area contributed by atoms with Gasteiger partial charge in [-0.05, 0) is 31.4 Å². The van der Waals surface area contributed by atoms with Gasteiger partial charge in [0, 0.05) is 50.2 Å². The number of carbonyl (C=O) groups excluding carboxylic acids is 1. The van der Waals surface area contributed by atoms with Crippen molar-refractivity contribution in [1.29, 1.82) is 0 Å². The molecule has 1 aliphatic heterocycles. The quantitative estimate of drug-likeness (QED) is 0.398. The van der Waals surface area contributed by atoms with Gasteiger partial charge in [-0.3, -0.25) is 14.9 Å². The number of carbonyl (C=O) groups is 1. The fourth-order valence-electron chi connectivity index (χ4n) is 3.37. The maximum Gasteiger partial charge on any atom is 0.293 e. The molecule has 0 bridgehead atoms. The van der Waals surface area contributed by atoms with Crippen molar-refractivity contribution in [2.45, 2.75) is 38.6 Å². The Labute approximate surface area is 182 Å². The highest BCUT2D eigenvalue weighted by Gasteiger charge is 2.22. The van der Waals surface area contributed by atoms with E-state index in [-0.39, 0.29) is 36.4 Å². The average molecular weight is 444 g/mol. The van der Waals surface area contributed by atoms with Gasteiger partial charge in [0.1, 0.15) is 5.69 Å². The van der Waals surface area contributed by atoms with Gasteiger partial charge in [0.2, 0.25) is 0 Å². The van der Waals surface area contributed by atoms with E-state index in [0.29, 0.717) is 17.8 Å². The Bertz CT molecular complexity index is 778. The molecule has 0 atom stereocenters. The molecule has 0 spiro atoms. The number of benzene rings is 1. The summed E-state index contributed by atoms with van der Waals surface area (Å²) in [7, 11) is 0. The summed E-state index contributed by atoms with van der Waals surface area (Å²) in [6.45, 7) is 2.90. The number of halogens is 2. The molecule has 0 saturated carbocycles. The van der Waals surface area contributed by atoms with E-state index >= 15 is 0 Å². The van der Waals surface area contributed by atoms with Crippen molar-refractivity contribution in [1.82, 2.24) is 14.9 Å². The van der Waals surface area contributed by atoms with Crippen molar-refractivity contribution in [3.05, 3.63) is 52.6 Å². The van der Waals surface area contributed by atoms with Crippen LogP contribution in [0.3, 0.4) is 0 Å². The maximum absolute atomic E-state index is 12.4. The molecular weight excluding hydrogens is 417 g/mol. The Kier molecular flexibility index (Phi) is 10.5. The van der Waals surface area contributed by atoms with Gasteiger partial charge in [-0.15, -0.1) is 24.8 Å². The number of nitrogens with one attached hydrogen (secondary N) is 1. The van der Waals surface area contributed by atoms with Crippen molar-refractivity contribution >= 4 is 42.1 Å². The van der Waals surface area contributed by atoms with Gasteiger partial charge < -0.3 is 14.8 Å². The highest BCUT2D eigenvalue weighted by molar-refractivity contribution is 5.95. The third-order valence-corrected chi connectivity index (χ3v) is 4.82. The summed E-state index contributed by atoms with van der Waals surface area (Å²) in [5, 5.41) is 14.4. The normalized spacial score (nSPS) is 13.6. The SMILES string of the molecule is Cl.Cl.O=C(NCCCn1ccnc1)c1ccc(N2CCCCCC2)c([N+](=O)[O-])c1. The largest absolute Gasteiger partial charge is 0.366 e. The van der Waals surface area contributed by atoms with Crippen LogP contribution in [0.4, 0.5) is 11.4 Å². The molecule has 1 saturated heterocycles. The van der Waals surface area contributed by atoms with E-state index in [4.69, 9.17) is 0 Å². The monoisotopic (exact) mass is 443 g/mol. The molecule has 1 fully saturated rings. The number of amides is 1. The number of nitro groups is 1. The topological polar surface area (TPSA) is 93.3 Å². The predicted octanol–water partition coefficient (Wildman–Crippen LogP) is 3.84. The van der Waals surface area contributed by atoms with Crippen LogP contribution in [0, 0.1) is 10.1 Å². The van der Waals surface area contributed by atoms with Crippen LogP contribution in [0.15, 0.2) is 36.9 Å². The molecule has 3 rings (SSSR count). The zero-order valence-corrected chi connectivity index (χ0v) is 17.8. The number of aromatic nitrogens is 2. The van der Waals surface area contributed by atoms with Gasteiger partial charge in [0.05, 0.1) is 11.3 Å². The molecule has 1 aliphatic rings.